The summed E-state index contributed by atoms with van der Waals surface area (Å²) in [7, 11) is 0. The second-order valence-electron chi connectivity index (χ2n) is 7.45. The second-order valence-corrected chi connectivity index (χ2v) is 8.67. The number of carbonyl (C=O) groups excluding carboxylic acids is 1. The van der Waals surface area contributed by atoms with Gasteiger partial charge in [-0.2, -0.15) is 12.6 Å². The normalized spacial score (nSPS) is 12.2. The summed E-state index contributed by atoms with van der Waals surface area (Å²) in [4.78, 5) is 28.2. The van der Waals surface area contributed by atoms with Gasteiger partial charge in [0, 0.05) is 29.1 Å². The van der Waals surface area contributed by atoms with E-state index in [0.717, 1.165) is 29.9 Å². The maximum atomic E-state index is 12.5. The molecular weight excluding hydrogens is 454 g/mol. The summed E-state index contributed by atoms with van der Waals surface area (Å²) in [5.41, 5.74) is 2.09. The Labute approximate surface area is 185 Å². The lowest BCUT2D eigenvalue weighted by Gasteiger charge is -2.17. The van der Waals surface area contributed by atoms with Gasteiger partial charge in [-0.25, -0.2) is 9.78 Å². The monoisotopic (exact) mass is 481 g/mol. The third-order valence-corrected chi connectivity index (χ3v) is 5.83. The minimum Gasteiger partial charge on any atom is -0.478 e. The van der Waals surface area contributed by atoms with Crippen LogP contribution in [0.2, 0.25) is 0 Å². The smallest absolute Gasteiger partial charge is 0.336 e. The first-order valence-corrected chi connectivity index (χ1v) is 11.1. The Morgan fingerprint density at radius 2 is 2.07 bits per heavy atom. The molecule has 6 nitrogen and oxygen atoms in total. The Morgan fingerprint density at radius 3 is 2.62 bits per heavy atom. The molecule has 29 heavy (non-hydrogen) atoms. The van der Waals surface area contributed by atoms with Crippen molar-refractivity contribution in [2.24, 2.45) is 11.8 Å². The van der Waals surface area contributed by atoms with E-state index in [9.17, 15) is 14.7 Å². The Kier molecular flexibility index (Phi) is 8.77. The number of thiol groups is 1. The summed E-state index contributed by atoms with van der Waals surface area (Å²) >= 11 is 7.65. The number of benzene rings is 1. The quantitative estimate of drug-likeness (QED) is 0.444. The number of aryl methyl sites for hydroxylation is 1. The fraction of sp³-hybridized carbons (Fsp3) is 0.476. The highest BCUT2D eigenvalue weighted by Crippen LogP contribution is 2.21. The molecule has 1 aromatic heterocycles. The Hall–Kier alpha value is -1.80. The highest BCUT2D eigenvalue weighted by atomic mass is 79.9. The number of rotatable bonds is 10. The molecule has 0 saturated carbocycles. The van der Waals surface area contributed by atoms with Crippen LogP contribution >= 0.6 is 28.6 Å². The van der Waals surface area contributed by atoms with Crippen LogP contribution in [0.1, 0.15) is 54.6 Å². The molecule has 0 aliphatic heterocycles. The average Bonchev–Trinajstić information content (AvgIpc) is 3.05. The van der Waals surface area contributed by atoms with E-state index in [-0.39, 0.29) is 17.4 Å². The summed E-state index contributed by atoms with van der Waals surface area (Å²) in [5, 5.41) is 12.2. The zero-order valence-electron chi connectivity index (χ0n) is 17.0. The van der Waals surface area contributed by atoms with Gasteiger partial charge in [-0.1, -0.05) is 26.8 Å². The number of halogens is 1. The van der Waals surface area contributed by atoms with Crippen LogP contribution in [0.4, 0.5) is 0 Å². The van der Waals surface area contributed by atoms with Crippen molar-refractivity contribution < 1.29 is 14.7 Å². The first kappa shape index (κ1) is 23.5. The number of hydrogen-bond acceptors (Lipinski definition) is 4. The van der Waals surface area contributed by atoms with Gasteiger partial charge in [0.25, 0.3) is 0 Å². The molecule has 1 heterocycles. The Bertz CT molecular complexity index is 867. The minimum absolute atomic E-state index is 0.00746. The first-order chi connectivity index (χ1) is 13.8. The number of carboxylic acid groups (broad SMARTS) is 1. The van der Waals surface area contributed by atoms with Crippen LogP contribution in [0, 0.1) is 11.8 Å². The van der Waals surface area contributed by atoms with Crippen molar-refractivity contribution in [3.63, 3.8) is 0 Å². The van der Waals surface area contributed by atoms with Crippen molar-refractivity contribution in [3.8, 4) is 0 Å². The number of hydrogen-bond donors (Lipinski definition) is 3. The zero-order valence-corrected chi connectivity index (χ0v) is 19.5. The molecule has 2 N–H and O–H groups in total. The summed E-state index contributed by atoms with van der Waals surface area (Å²) in [5.74, 6) is 0.799. The number of carbonyl (C=O) groups is 2. The van der Waals surface area contributed by atoms with Crippen molar-refractivity contribution in [1.82, 2.24) is 14.9 Å². The fourth-order valence-corrected chi connectivity index (χ4v) is 4.15. The summed E-state index contributed by atoms with van der Waals surface area (Å²) in [6.45, 7) is 7.17. The third kappa shape index (κ3) is 6.34. The topological polar surface area (TPSA) is 84.2 Å². The molecule has 0 fully saturated rings. The number of carboxylic acids is 1. The summed E-state index contributed by atoms with van der Waals surface area (Å²) in [6, 6.07) is 5.20. The van der Waals surface area contributed by atoms with Crippen molar-refractivity contribution in [1.29, 1.82) is 0 Å². The summed E-state index contributed by atoms with van der Waals surface area (Å²) < 4.78 is 2.61. The van der Waals surface area contributed by atoms with E-state index in [4.69, 9.17) is 0 Å². The lowest BCUT2D eigenvalue weighted by molar-refractivity contribution is -0.124. The van der Waals surface area contributed by atoms with E-state index >= 15 is 0 Å². The van der Waals surface area contributed by atoms with Crippen LogP contribution in [0.25, 0.3) is 0 Å². The molecule has 0 saturated heterocycles. The molecule has 8 heteroatoms. The molecule has 2 aromatic rings. The first-order valence-electron chi connectivity index (χ1n) is 9.70. The van der Waals surface area contributed by atoms with Crippen LogP contribution in [0.15, 0.2) is 28.9 Å². The van der Waals surface area contributed by atoms with E-state index in [2.05, 4.69) is 57.3 Å². The van der Waals surface area contributed by atoms with Gasteiger partial charge in [0.1, 0.15) is 5.82 Å². The van der Waals surface area contributed by atoms with Crippen LogP contribution in [-0.2, 0) is 24.3 Å². The van der Waals surface area contributed by atoms with Crippen molar-refractivity contribution in [3.05, 3.63) is 51.5 Å². The molecule has 1 aromatic carbocycles. The fourth-order valence-electron chi connectivity index (χ4n) is 3.24. The van der Waals surface area contributed by atoms with Gasteiger partial charge in [0.2, 0.25) is 5.91 Å². The number of amides is 1. The van der Waals surface area contributed by atoms with Gasteiger partial charge in [-0.05, 0) is 46.0 Å². The largest absolute Gasteiger partial charge is 0.478 e. The van der Waals surface area contributed by atoms with Crippen molar-refractivity contribution >= 4 is 40.4 Å². The molecule has 0 bridgehead atoms. The molecule has 158 valence electrons. The van der Waals surface area contributed by atoms with Gasteiger partial charge in [0.15, 0.2) is 0 Å². The van der Waals surface area contributed by atoms with E-state index < -0.39 is 5.97 Å². The van der Waals surface area contributed by atoms with E-state index in [0.29, 0.717) is 29.2 Å². The molecule has 0 aliphatic carbocycles. The van der Waals surface area contributed by atoms with Gasteiger partial charge in [0.05, 0.1) is 24.0 Å². The van der Waals surface area contributed by atoms with E-state index in [1.807, 2.05) is 13.0 Å². The average molecular weight is 482 g/mol. The molecular formula is C21H28BrN3O3S. The number of imidazole rings is 1. The van der Waals surface area contributed by atoms with Crippen molar-refractivity contribution in [2.45, 2.75) is 46.7 Å². The molecule has 0 radical (unpaired) electrons. The van der Waals surface area contributed by atoms with E-state index in [1.54, 1.807) is 18.3 Å². The summed E-state index contributed by atoms with van der Waals surface area (Å²) in [6.07, 6.45) is 3.35. The standard InChI is InChI=1S/C21H28BrN3O3S/c1-4-19-23-9-16(10-24-20(26)15(12-29)7-13(2)3)25(19)11-14-5-6-17(21(27)28)18(22)8-14/h5-6,8-9,13,15,29H,4,7,10-12H2,1-3H3,(H,24,26)(H,27,28). The Balaban J connectivity index is 2.16. The SMILES string of the molecule is CCc1ncc(CNC(=O)C(CS)CC(C)C)n1Cc1ccc(C(=O)O)c(Br)c1. The zero-order chi connectivity index (χ0) is 21.6. The number of aromatic carboxylic acids is 1. The van der Waals surface area contributed by atoms with Crippen LogP contribution in [0.5, 0.6) is 0 Å². The predicted octanol–water partition coefficient (Wildman–Crippen LogP) is 4.16. The Morgan fingerprint density at radius 1 is 1.34 bits per heavy atom. The lowest BCUT2D eigenvalue weighted by atomic mass is 9.98. The van der Waals surface area contributed by atoms with Gasteiger partial charge >= 0.3 is 5.97 Å². The maximum Gasteiger partial charge on any atom is 0.336 e. The molecule has 1 amide bonds. The molecule has 1 unspecified atom stereocenters. The minimum atomic E-state index is -0.969. The van der Waals surface area contributed by atoms with Gasteiger partial charge < -0.3 is 15.0 Å². The maximum absolute atomic E-state index is 12.5. The van der Waals surface area contributed by atoms with Crippen LogP contribution in [0.3, 0.4) is 0 Å². The lowest BCUT2D eigenvalue weighted by Crippen LogP contribution is -2.32. The molecule has 0 spiro atoms. The number of nitrogens with one attached hydrogen (secondary N) is 1. The van der Waals surface area contributed by atoms with Crippen LogP contribution < -0.4 is 5.32 Å². The predicted molar refractivity (Wildman–Crippen MR) is 120 cm³/mol. The van der Waals surface area contributed by atoms with E-state index in [1.165, 1.54) is 0 Å². The van der Waals surface area contributed by atoms with Gasteiger partial charge in [-0.3, -0.25) is 4.79 Å². The molecule has 1 atom stereocenters. The molecule has 0 aliphatic rings. The van der Waals surface area contributed by atoms with Crippen molar-refractivity contribution in [2.75, 3.05) is 5.75 Å². The van der Waals surface area contributed by atoms with Gasteiger partial charge in [-0.15, -0.1) is 0 Å². The third-order valence-electron chi connectivity index (χ3n) is 4.73. The number of nitrogens with zero attached hydrogens (tertiary/aromatic N) is 2. The number of aromatic nitrogens is 2. The highest BCUT2D eigenvalue weighted by molar-refractivity contribution is 9.10. The second kappa shape index (κ2) is 10.8. The molecule has 2 rings (SSSR count). The van der Waals surface area contributed by atoms with Crippen LogP contribution in [-0.4, -0.2) is 32.3 Å². The highest BCUT2D eigenvalue weighted by Gasteiger charge is 2.19.